The minimum atomic E-state index is 0. The summed E-state index contributed by atoms with van der Waals surface area (Å²) >= 11 is 0. The summed E-state index contributed by atoms with van der Waals surface area (Å²) < 4.78 is 5.62. The maximum atomic E-state index is 5.62. The van der Waals surface area contributed by atoms with Gasteiger partial charge in [-0.1, -0.05) is 13.8 Å². The van der Waals surface area contributed by atoms with Crippen LogP contribution in [0.15, 0.2) is 18.2 Å². The van der Waals surface area contributed by atoms with Crippen LogP contribution in [0.1, 0.15) is 25.8 Å². The van der Waals surface area contributed by atoms with Crippen molar-refractivity contribution in [2.75, 3.05) is 0 Å². The molecular weight excluding hydrogens is 252 g/mol. The van der Waals surface area contributed by atoms with Gasteiger partial charge in [-0.05, 0) is 13.3 Å². The van der Waals surface area contributed by atoms with Crippen LogP contribution in [0.4, 0.5) is 0 Å². The number of hydrogen-bond donors (Lipinski definition) is 0. The maximum absolute atomic E-state index is 5.62. The molecule has 1 aromatic rings. The molecule has 1 nitrogen and oxygen atoms in total. The first-order valence-electron chi connectivity index (χ1n) is 4.37. The summed E-state index contributed by atoms with van der Waals surface area (Å²) in [4.78, 5) is 0. The molecule has 0 aliphatic carbocycles. The molecule has 14 heavy (non-hydrogen) atoms. The zero-order chi connectivity index (χ0) is 8.97. The van der Waals surface area contributed by atoms with E-state index < -0.39 is 0 Å². The van der Waals surface area contributed by atoms with Gasteiger partial charge in [0.2, 0.25) is 0 Å². The molecule has 3 heteroatoms. The van der Waals surface area contributed by atoms with Gasteiger partial charge < -0.3 is 21.7 Å². The molecule has 74 valence electrons. The van der Waals surface area contributed by atoms with Crippen molar-refractivity contribution in [3.05, 3.63) is 29.8 Å². The second-order valence-electron chi connectivity index (χ2n) is 3.04. The summed E-state index contributed by atoms with van der Waals surface area (Å²) in [5.41, 5.74) is 1.12. The molecule has 0 aliphatic heterocycles. The minimum absolute atomic E-state index is 0. The molecule has 0 saturated carbocycles. The van der Waals surface area contributed by atoms with E-state index >= 15 is 0 Å². The molecule has 0 N–H and O–H groups in total. The van der Waals surface area contributed by atoms with Crippen molar-refractivity contribution in [1.82, 2.24) is 0 Å². The fourth-order valence-electron chi connectivity index (χ4n) is 0.947. The van der Waals surface area contributed by atoms with E-state index in [-0.39, 0.29) is 40.0 Å². The monoisotopic (exact) mass is 266 g/mol. The Morgan fingerprint density at radius 2 is 2.14 bits per heavy atom. The van der Waals surface area contributed by atoms with Crippen LogP contribution in [0, 0.1) is 13.0 Å². The maximum Gasteiger partial charge on any atom is 2.00 e. The van der Waals surface area contributed by atoms with Crippen LogP contribution in [0.25, 0.3) is 0 Å². The molecule has 0 saturated heterocycles. The first-order valence-corrected chi connectivity index (χ1v) is 4.37. The van der Waals surface area contributed by atoms with E-state index in [4.69, 9.17) is 4.74 Å². The summed E-state index contributed by atoms with van der Waals surface area (Å²) in [6.45, 7) is 6.21. The van der Waals surface area contributed by atoms with Crippen LogP contribution in [-0.4, -0.2) is 29.2 Å². The van der Waals surface area contributed by atoms with Crippen molar-refractivity contribution in [2.45, 2.75) is 33.3 Å². The molecular formula is C11H15BrMgO. The van der Waals surface area contributed by atoms with E-state index in [1.54, 1.807) is 0 Å². The number of hydrogen-bond acceptors (Lipinski definition) is 1. The van der Waals surface area contributed by atoms with Crippen LogP contribution in [-0.2, 0) is 0 Å². The number of benzene rings is 1. The Morgan fingerprint density at radius 3 is 2.64 bits per heavy atom. The molecule has 0 spiro atoms. The van der Waals surface area contributed by atoms with E-state index in [9.17, 15) is 0 Å². The Bertz CT molecular complexity index is 253. The molecule has 1 rings (SSSR count). The molecule has 0 amide bonds. The van der Waals surface area contributed by atoms with Crippen molar-refractivity contribution in [1.29, 1.82) is 0 Å². The number of aryl methyl sites for hydroxylation is 1. The molecule has 0 bridgehead atoms. The molecule has 1 unspecified atom stereocenters. The van der Waals surface area contributed by atoms with Gasteiger partial charge >= 0.3 is 23.1 Å². The topological polar surface area (TPSA) is 9.23 Å². The SMILES string of the molecule is CCC(C)Oc1cc[c-]c(C)c1.[Br-].[Mg+2]. The molecule has 0 aromatic heterocycles. The zero-order valence-electron chi connectivity index (χ0n) is 9.01. The van der Waals surface area contributed by atoms with Gasteiger partial charge in [-0.3, -0.25) is 0 Å². The van der Waals surface area contributed by atoms with E-state index in [0.29, 0.717) is 6.10 Å². The third kappa shape index (κ3) is 5.88. The Hall–Kier alpha value is 0.266. The molecule has 0 aliphatic rings. The molecule has 1 atom stereocenters. The van der Waals surface area contributed by atoms with Crippen molar-refractivity contribution in [2.24, 2.45) is 0 Å². The van der Waals surface area contributed by atoms with Gasteiger partial charge in [-0.2, -0.15) is 17.7 Å². The van der Waals surface area contributed by atoms with Gasteiger partial charge in [-0.25, -0.2) is 0 Å². The van der Waals surface area contributed by atoms with E-state index in [2.05, 4.69) is 19.9 Å². The summed E-state index contributed by atoms with van der Waals surface area (Å²) in [6.07, 6.45) is 1.34. The van der Waals surface area contributed by atoms with Crippen molar-refractivity contribution < 1.29 is 21.7 Å². The Labute approximate surface area is 113 Å². The molecule has 1 aromatic carbocycles. The van der Waals surface area contributed by atoms with Gasteiger partial charge in [0.15, 0.2) is 0 Å². The summed E-state index contributed by atoms with van der Waals surface area (Å²) in [7, 11) is 0. The fraction of sp³-hybridized carbons (Fsp3) is 0.455. The van der Waals surface area contributed by atoms with Gasteiger partial charge in [0.1, 0.15) is 0 Å². The molecule has 0 radical (unpaired) electrons. The first-order chi connectivity index (χ1) is 5.72. The summed E-state index contributed by atoms with van der Waals surface area (Å²) in [5, 5.41) is 0. The third-order valence-corrected chi connectivity index (χ3v) is 1.83. The minimum Gasteiger partial charge on any atom is -1.00 e. The Balaban J connectivity index is 0. The standard InChI is InChI=1S/C11H15O.BrH.Mg/c1-4-10(3)12-11-7-5-6-9(2)8-11;;/h5,7-8,10H,4H2,1-3H3;1H;/q-1;;+2/p-1. The van der Waals surface area contributed by atoms with Crippen LogP contribution in [0.3, 0.4) is 0 Å². The third-order valence-electron chi connectivity index (χ3n) is 1.83. The largest absolute Gasteiger partial charge is 2.00 e. The van der Waals surface area contributed by atoms with E-state index in [0.717, 1.165) is 17.7 Å². The van der Waals surface area contributed by atoms with Crippen LogP contribution < -0.4 is 21.7 Å². The number of halogens is 1. The quantitative estimate of drug-likeness (QED) is 0.535. The second-order valence-corrected chi connectivity index (χ2v) is 3.04. The average molecular weight is 267 g/mol. The second kappa shape index (κ2) is 8.56. The fourth-order valence-corrected chi connectivity index (χ4v) is 0.947. The molecule has 0 heterocycles. The van der Waals surface area contributed by atoms with Crippen molar-refractivity contribution in [3.63, 3.8) is 0 Å². The predicted molar refractivity (Wildman–Crippen MR) is 56.2 cm³/mol. The first kappa shape index (κ1) is 16.7. The number of rotatable bonds is 3. The van der Waals surface area contributed by atoms with Crippen molar-refractivity contribution >= 4 is 23.1 Å². The van der Waals surface area contributed by atoms with Gasteiger partial charge in [0.25, 0.3) is 0 Å². The Kier molecular flexibility index (Phi) is 10.2. The normalized spacial score (nSPS) is 10.8. The van der Waals surface area contributed by atoms with Gasteiger partial charge in [-0.15, -0.1) is 12.1 Å². The smallest absolute Gasteiger partial charge is 1.00 e. The summed E-state index contributed by atoms with van der Waals surface area (Å²) in [6, 6.07) is 8.93. The van der Waals surface area contributed by atoms with Crippen molar-refractivity contribution in [3.8, 4) is 5.75 Å². The number of ether oxygens (including phenoxy) is 1. The molecule has 0 fully saturated rings. The average Bonchev–Trinajstić information content (AvgIpc) is 2.04. The van der Waals surface area contributed by atoms with E-state index in [1.165, 1.54) is 0 Å². The zero-order valence-corrected chi connectivity index (χ0v) is 12.0. The predicted octanol–water partition coefficient (Wildman–Crippen LogP) is -0.404. The van der Waals surface area contributed by atoms with Crippen LogP contribution in [0.5, 0.6) is 5.75 Å². The summed E-state index contributed by atoms with van der Waals surface area (Å²) in [5.74, 6) is 0.945. The van der Waals surface area contributed by atoms with Crippen LogP contribution in [0.2, 0.25) is 0 Å². The van der Waals surface area contributed by atoms with Crippen LogP contribution >= 0.6 is 0 Å². The van der Waals surface area contributed by atoms with Gasteiger partial charge in [0, 0.05) is 5.75 Å². The van der Waals surface area contributed by atoms with Gasteiger partial charge in [0.05, 0.1) is 6.10 Å². The van der Waals surface area contributed by atoms with E-state index in [1.807, 2.05) is 25.1 Å². The Morgan fingerprint density at radius 1 is 1.50 bits per heavy atom.